The van der Waals surface area contributed by atoms with Crippen molar-refractivity contribution in [1.29, 1.82) is 0 Å². The molecule has 0 unspecified atom stereocenters. The Balaban J connectivity index is 2.46. The molecule has 27 heavy (non-hydrogen) atoms. The van der Waals surface area contributed by atoms with E-state index in [2.05, 4.69) is 14.8 Å². The van der Waals surface area contributed by atoms with Gasteiger partial charge in [0.05, 0.1) is 30.3 Å². The number of carbonyl (C=O) groups excluding carboxylic acids is 3. The van der Waals surface area contributed by atoms with Crippen LogP contribution >= 0.6 is 11.6 Å². The van der Waals surface area contributed by atoms with Crippen molar-refractivity contribution in [3.8, 4) is 0 Å². The van der Waals surface area contributed by atoms with Crippen molar-refractivity contribution in [1.82, 2.24) is 0 Å². The second-order valence-corrected chi connectivity index (χ2v) is 5.59. The van der Waals surface area contributed by atoms with E-state index in [4.69, 9.17) is 11.6 Å². The van der Waals surface area contributed by atoms with Crippen molar-refractivity contribution in [2.24, 2.45) is 0 Å². The summed E-state index contributed by atoms with van der Waals surface area (Å²) in [6.45, 7) is 0. The minimum absolute atomic E-state index is 0.0173. The van der Waals surface area contributed by atoms with Crippen molar-refractivity contribution < 1.29 is 28.8 Å². The molecule has 0 bridgehead atoms. The summed E-state index contributed by atoms with van der Waals surface area (Å²) < 4.78 is 9.21. The standard InChI is InChI=1S/C17H13ClN2O7/c1-26-16(22)9-5-10(17(23)27-2)7-12(6-9)19-15(21)13-8-11(18)3-4-14(13)20(24)25/h3-8H,1-2H3,(H,19,21). The van der Waals surface area contributed by atoms with Gasteiger partial charge in [0.2, 0.25) is 0 Å². The van der Waals surface area contributed by atoms with E-state index in [1.54, 1.807) is 0 Å². The predicted octanol–water partition coefficient (Wildman–Crippen LogP) is 3.07. The van der Waals surface area contributed by atoms with E-state index < -0.39 is 28.5 Å². The summed E-state index contributed by atoms with van der Waals surface area (Å²) in [7, 11) is 2.31. The molecule has 9 nitrogen and oxygen atoms in total. The molecule has 10 heteroatoms. The summed E-state index contributed by atoms with van der Waals surface area (Å²) in [6, 6.07) is 7.26. The van der Waals surface area contributed by atoms with Crippen LogP contribution in [0.25, 0.3) is 0 Å². The SMILES string of the molecule is COC(=O)c1cc(NC(=O)c2cc(Cl)ccc2[N+](=O)[O-])cc(C(=O)OC)c1. The van der Waals surface area contributed by atoms with Gasteiger partial charge in [0.15, 0.2) is 0 Å². The first kappa shape index (κ1) is 19.9. The number of carbonyl (C=O) groups is 3. The summed E-state index contributed by atoms with van der Waals surface area (Å²) in [5, 5.41) is 13.6. The van der Waals surface area contributed by atoms with Crippen molar-refractivity contribution >= 4 is 40.8 Å². The lowest BCUT2D eigenvalue weighted by Crippen LogP contribution is -2.15. The zero-order valence-corrected chi connectivity index (χ0v) is 14.9. The Bertz CT molecular complexity index is 909. The molecule has 1 N–H and O–H groups in total. The highest BCUT2D eigenvalue weighted by atomic mass is 35.5. The molecule has 0 aliphatic rings. The molecular formula is C17H13ClN2O7. The van der Waals surface area contributed by atoms with E-state index in [0.717, 1.165) is 26.4 Å². The van der Waals surface area contributed by atoms with E-state index in [9.17, 15) is 24.5 Å². The minimum atomic E-state index is -0.845. The number of rotatable bonds is 5. The van der Waals surface area contributed by atoms with Crippen molar-refractivity contribution in [3.63, 3.8) is 0 Å². The predicted molar refractivity (Wildman–Crippen MR) is 95.2 cm³/mol. The third kappa shape index (κ3) is 4.59. The number of ether oxygens (including phenoxy) is 2. The smallest absolute Gasteiger partial charge is 0.337 e. The van der Waals surface area contributed by atoms with Crippen molar-refractivity contribution in [2.45, 2.75) is 0 Å². The zero-order chi connectivity index (χ0) is 20.1. The number of hydrogen-bond donors (Lipinski definition) is 1. The van der Waals surface area contributed by atoms with E-state index in [0.29, 0.717) is 0 Å². The van der Waals surface area contributed by atoms with E-state index in [1.165, 1.54) is 24.3 Å². The molecule has 1 amide bonds. The second-order valence-electron chi connectivity index (χ2n) is 5.15. The molecule has 0 saturated carbocycles. The fraction of sp³-hybridized carbons (Fsp3) is 0.118. The summed E-state index contributed by atoms with van der Waals surface area (Å²) in [5.41, 5.74) is -0.727. The van der Waals surface area contributed by atoms with Crippen LogP contribution in [0.3, 0.4) is 0 Å². The molecular weight excluding hydrogens is 380 g/mol. The summed E-state index contributed by atoms with van der Waals surface area (Å²) in [6.07, 6.45) is 0. The van der Waals surface area contributed by atoms with Gasteiger partial charge in [-0.15, -0.1) is 0 Å². The van der Waals surface area contributed by atoms with E-state index in [-0.39, 0.29) is 27.4 Å². The maximum absolute atomic E-state index is 12.5. The molecule has 2 aromatic rings. The number of benzene rings is 2. The summed E-state index contributed by atoms with van der Waals surface area (Å²) in [5.74, 6) is -2.34. The molecule has 2 aromatic carbocycles. The lowest BCUT2D eigenvalue weighted by molar-refractivity contribution is -0.385. The van der Waals surface area contributed by atoms with Gasteiger partial charge in [-0.3, -0.25) is 14.9 Å². The Morgan fingerprint density at radius 3 is 2.04 bits per heavy atom. The third-order valence-electron chi connectivity index (χ3n) is 3.43. The van der Waals surface area contributed by atoms with E-state index >= 15 is 0 Å². The van der Waals surface area contributed by atoms with Crippen LogP contribution in [0.15, 0.2) is 36.4 Å². The van der Waals surface area contributed by atoms with Crippen LogP contribution < -0.4 is 5.32 Å². The topological polar surface area (TPSA) is 125 Å². The molecule has 0 spiro atoms. The molecule has 0 heterocycles. The Morgan fingerprint density at radius 1 is 1.00 bits per heavy atom. The average molecular weight is 393 g/mol. The van der Waals surface area contributed by atoms with Gasteiger partial charge in [-0.25, -0.2) is 9.59 Å². The first-order valence-corrected chi connectivity index (χ1v) is 7.71. The number of nitrogens with one attached hydrogen (secondary N) is 1. The van der Waals surface area contributed by atoms with Gasteiger partial charge in [-0.05, 0) is 30.3 Å². The molecule has 2 rings (SSSR count). The van der Waals surface area contributed by atoms with Crippen LogP contribution in [-0.4, -0.2) is 37.0 Å². The van der Waals surface area contributed by atoms with Gasteiger partial charge in [0, 0.05) is 16.8 Å². The first-order valence-electron chi connectivity index (χ1n) is 7.33. The van der Waals surface area contributed by atoms with Gasteiger partial charge in [-0.1, -0.05) is 11.6 Å². The van der Waals surface area contributed by atoms with Gasteiger partial charge < -0.3 is 14.8 Å². The molecule has 0 aliphatic heterocycles. The van der Waals surface area contributed by atoms with Crippen molar-refractivity contribution in [2.75, 3.05) is 19.5 Å². The van der Waals surface area contributed by atoms with E-state index in [1.807, 2.05) is 0 Å². The number of nitrogens with zero attached hydrogens (tertiary/aromatic N) is 1. The number of methoxy groups -OCH3 is 2. The third-order valence-corrected chi connectivity index (χ3v) is 3.67. The number of nitro groups is 1. The molecule has 0 saturated heterocycles. The Hall–Kier alpha value is -3.46. The fourth-order valence-corrected chi connectivity index (χ4v) is 2.39. The van der Waals surface area contributed by atoms with Gasteiger partial charge in [0.1, 0.15) is 5.56 Å². The normalized spacial score (nSPS) is 10.0. The largest absolute Gasteiger partial charge is 0.465 e. The van der Waals surface area contributed by atoms with Crippen LogP contribution in [0.4, 0.5) is 11.4 Å². The Labute approximate surface area is 158 Å². The molecule has 0 radical (unpaired) electrons. The summed E-state index contributed by atoms with van der Waals surface area (Å²) in [4.78, 5) is 46.4. The maximum Gasteiger partial charge on any atom is 0.337 e. The highest BCUT2D eigenvalue weighted by Gasteiger charge is 2.22. The van der Waals surface area contributed by atoms with Gasteiger partial charge in [-0.2, -0.15) is 0 Å². The number of amides is 1. The first-order chi connectivity index (χ1) is 12.8. The Kier molecular flexibility index (Phi) is 6.09. The number of hydrogen-bond acceptors (Lipinski definition) is 7. The molecule has 140 valence electrons. The van der Waals surface area contributed by atoms with Gasteiger partial charge in [0.25, 0.3) is 11.6 Å². The monoisotopic (exact) mass is 392 g/mol. The van der Waals surface area contributed by atoms with Crippen LogP contribution in [0, 0.1) is 10.1 Å². The second kappa shape index (κ2) is 8.28. The lowest BCUT2D eigenvalue weighted by Gasteiger charge is -2.10. The molecule has 0 aliphatic carbocycles. The number of nitro benzene ring substituents is 1. The van der Waals surface area contributed by atoms with Crippen molar-refractivity contribution in [3.05, 3.63) is 68.2 Å². The van der Waals surface area contributed by atoms with Gasteiger partial charge >= 0.3 is 11.9 Å². The highest BCUT2D eigenvalue weighted by Crippen LogP contribution is 2.25. The average Bonchev–Trinajstić information content (AvgIpc) is 2.65. The molecule has 0 aromatic heterocycles. The van der Waals surface area contributed by atoms with Crippen LogP contribution in [0.5, 0.6) is 0 Å². The number of halogens is 1. The quantitative estimate of drug-likeness (QED) is 0.470. The Morgan fingerprint density at radius 2 is 1.56 bits per heavy atom. The minimum Gasteiger partial charge on any atom is -0.465 e. The summed E-state index contributed by atoms with van der Waals surface area (Å²) >= 11 is 5.81. The molecule has 0 atom stereocenters. The number of anilines is 1. The number of esters is 2. The fourth-order valence-electron chi connectivity index (χ4n) is 2.22. The highest BCUT2D eigenvalue weighted by molar-refractivity contribution is 6.31. The lowest BCUT2D eigenvalue weighted by atomic mass is 10.1. The molecule has 0 fully saturated rings. The zero-order valence-electron chi connectivity index (χ0n) is 14.1. The maximum atomic E-state index is 12.5. The van der Waals surface area contributed by atoms with Crippen LogP contribution in [0.1, 0.15) is 31.1 Å². The van der Waals surface area contributed by atoms with Crippen LogP contribution in [-0.2, 0) is 9.47 Å². The van der Waals surface area contributed by atoms with Crippen LogP contribution in [0.2, 0.25) is 5.02 Å².